The molecule has 0 amide bonds. The lowest BCUT2D eigenvalue weighted by Crippen LogP contribution is -2.15. The molecule has 100 valence electrons. The van der Waals surface area contributed by atoms with Gasteiger partial charge in [0.15, 0.2) is 5.78 Å². The zero-order chi connectivity index (χ0) is 14.1. The minimum atomic E-state index is 0.0359. The Hall–Kier alpha value is -1.87. The largest absolute Gasteiger partial charge is 0.488 e. The maximum Gasteiger partial charge on any atom is 0.192 e. The monoisotopic (exact) mass is 328 g/mol. The lowest BCUT2D eigenvalue weighted by Gasteiger charge is -2.18. The number of Topliss-reactive ketones (excluding diaryl/α,β-unsaturated/α-hetero) is 1. The van der Waals surface area contributed by atoms with Gasteiger partial charge in [-0.2, -0.15) is 0 Å². The number of halogens is 1. The van der Waals surface area contributed by atoms with E-state index in [4.69, 9.17) is 4.74 Å². The summed E-state index contributed by atoms with van der Waals surface area (Å²) in [6.07, 6.45) is 1.92. The number of hydrogen-bond donors (Lipinski definition) is 0. The smallest absolute Gasteiger partial charge is 0.192 e. The average Bonchev–Trinajstić information content (AvgIpc) is 2.46. The van der Waals surface area contributed by atoms with Gasteiger partial charge in [-0.25, -0.2) is 0 Å². The van der Waals surface area contributed by atoms with Crippen LogP contribution in [-0.4, -0.2) is 12.4 Å². The third-order valence-corrected chi connectivity index (χ3v) is 3.86. The first-order chi connectivity index (χ1) is 9.65. The van der Waals surface area contributed by atoms with Crippen LogP contribution in [0.5, 0.6) is 5.75 Å². The quantitative estimate of drug-likeness (QED) is 0.763. The minimum absolute atomic E-state index is 0.0359. The van der Waals surface area contributed by atoms with E-state index >= 15 is 0 Å². The van der Waals surface area contributed by atoms with Gasteiger partial charge in [0.05, 0.1) is 0 Å². The van der Waals surface area contributed by atoms with Crippen molar-refractivity contribution in [1.29, 1.82) is 0 Å². The van der Waals surface area contributed by atoms with Crippen LogP contribution in [0.4, 0.5) is 0 Å². The van der Waals surface area contributed by atoms with Crippen LogP contribution in [0.1, 0.15) is 21.5 Å². The molecular formula is C17H13BrO2. The van der Waals surface area contributed by atoms with E-state index in [1.54, 1.807) is 0 Å². The van der Waals surface area contributed by atoms with Crippen LogP contribution in [0.25, 0.3) is 6.08 Å². The summed E-state index contributed by atoms with van der Waals surface area (Å²) in [5, 5.41) is 0. The topological polar surface area (TPSA) is 26.3 Å². The van der Waals surface area contributed by atoms with E-state index in [9.17, 15) is 4.79 Å². The molecule has 1 heterocycles. The Morgan fingerprint density at radius 1 is 1.20 bits per heavy atom. The van der Waals surface area contributed by atoms with Crippen LogP contribution in [0.3, 0.4) is 0 Å². The first-order valence-corrected chi connectivity index (χ1v) is 7.18. The van der Waals surface area contributed by atoms with Crippen molar-refractivity contribution in [3.63, 3.8) is 0 Å². The molecule has 0 saturated heterocycles. The van der Waals surface area contributed by atoms with E-state index in [1.165, 1.54) is 0 Å². The first kappa shape index (κ1) is 13.1. The molecule has 3 heteroatoms. The molecule has 2 aromatic rings. The zero-order valence-corrected chi connectivity index (χ0v) is 12.6. The van der Waals surface area contributed by atoms with Gasteiger partial charge in [-0.15, -0.1) is 0 Å². The molecular weight excluding hydrogens is 316 g/mol. The molecule has 0 atom stereocenters. The molecule has 2 nitrogen and oxygen atoms in total. The minimum Gasteiger partial charge on any atom is -0.488 e. The lowest BCUT2D eigenvalue weighted by atomic mass is 9.96. The number of ether oxygens (including phenoxy) is 1. The molecule has 0 aromatic heterocycles. The van der Waals surface area contributed by atoms with E-state index < -0.39 is 0 Å². The Balaban J connectivity index is 2.00. The van der Waals surface area contributed by atoms with Gasteiger partial charge in [0.1, 0.15) is 12.4 Å². The number of rotatable bonds is 2. The number of aryl methyl sites for hydroxylation is 1. The summed E-state index contributed by atoms with van der Waals surface area (Å²) in [7, 11) is 0. The second kappa shape index (κ2) is 5.25. The molecule has 3 rings (SSSR count). The molecule has 0 aliphatic carbocycles. The number of carbonyl (C=O) groups excluding carboxylic acids is 1. The van der Waals surface area contributed by atoms with Gasteiger partial charge < -0.3 is 4.74 Å². The van der Waals surface area contributed by atoms with Crippen molar-refractivity contribution in [2.75, 3.05) is 6.61 Å². The second-order valence-electron chi connectivity index (χ2n) is 4.78. The molecule has 1 aliphatic rings. The highest BCUT2D eigenvalue weighted by atomic mass is 79.9. The van der Waals surface area contributed by atoms with Gasteiger partial charge >= 0.3 is 0 Å². The molecule has 20 heavy (non-hydrogen) atoms. The van der Waals surface area contributed by atoms with Crippen molar-refractivity contribution >= 4 is 27.8 Å². The Bertz CT molecular complexity index is 717. The molecule has 0 spiro atoms. The van der Waals surface area contributed by atoms with E-state index in [0.717, 1.165) is 26.9 Å². The zero-order valence-electron chi connectivity index (χ0n) is 11.0. The van der Waals surface area contributed by atoms with Gasteiger partial charge in [0.25, 0.3) is 0 Å². The predicted molar refractivity (Wildman–Crippen MR) is 83.1 cm³/mol. The number of carbonyl (C=O) groups is 1. The van der Waals surface area contributed by atoms with E-state index in [1.807, 2.05) is 55.5 Å². The molecule has 0 N–H and O–H groups in total. The highest BCUT2D eigenvalue weighted by Gasteiger charge is 2.19. The molecule has 2 aromatic carbocycles. The van der Waals surface area contributed by atoms with Crippen LogP contribution >= 0.6 is 15.9 Å². The third-order valence-electron chi connectivity index (χ3n) is 3.37. The van der Waals surface area contributed by atoms with E-state index in [2.05, 4.69) is 15.9 Å². The first-order valence-electron chi connectivity index (χ1n) is 6.38. The van der Waals surface area contributed by atoms with E-state index in [-0.39, 0.29) is 5.78 Å². The summed E-state index contributed by atoms with van der Waals surface area (Å²) in [6, 6.07) is 13.4. The lowest BCUT2D eigenvalue weighted by molar-refractivity contribution is 0.102. The van der Waals surface area contributed by atoms with Crippen molar-refractivity contribution in [3.05, 3.63) is 69.2 Å². The fourth-order valence-electron chi connectivity index (χ4n) is 2.28. The molecule has 0 fully saturated rings. The van der Waals surface area contributed by atoms with Gasteiger partial charge in [-0.1, -0.05) is 40.2 Å². The Labute approximate surface area is 126 Å². The van der Waals surface area contributed by atoms with Crippen LogP contribution in [-0.2, 0) is 0 Å². The van der Waals surface area contributed by atoms with Crippen LogP contribution in [0.15, 0.2) is 52.5 Å². The maximum absolute atomic E-state index is 12.6. The highest BCUT2D eigenvalue weighted by molar-refractivity contribution is 9.10. The summed E-state index contributed by atoms with van der Waals surface area (Å²) in [6.45, 7) is 2.27. The van der Waals surface area contributed by atoms with Gasteiger partial charge in [-0.3, -0.25) is 4.79 Å². The highest BCUT2D eigenvalue weighted by Crippen LogP contribution is 2.30. The molecule has 0 bridgehead atoms. The van der Waals surface area contributed by atoms with Crippen molar-refractivity contribution in [3.8, 4) is 5.75 Å². The molecule has 0 saturated carbocycles. The summed E-state index contributed by atoms with van der Waals surface area (Å²) < 4.78 is 6.64. The van der Waals surface area contributed by atoms with Gasteiger partial charge in [-0.05, 0) is 36.8 Å². The number of hydrogen-bond acceptors (Lipinski definition) is 2. The predicted octanol–water partition coefficient (Wildman–Crippen LogP) is 4.42. The van der Waals surface area contributed by atoms with E-state index in [0.29, 0.717) is 12.2 Å². The van der Waals surface area contributed by atoms with Crippen molar-refractivity contribution in [2.45, 2.75) is 6.92 Å². The van der Waals surface area contributed by atoms with Crippen molar-refractivity contribution in [2.24, 2.45) is 0 Å². The van der Waals surface area contributed by atoms with Crippen molar-refractivity contribution < 1.29 is 9.53 Å². The van der Waals surface area contributed by atoms with Crippen LogP contribution < -0.4 is 4.74 Å². The fourth-order valence-corrected chi connectivity index (χ4v) is 2.66. The third kappa shape index (κ3) is 2.41. The summed E-state index contributed by atoms with van der Waals surface area (Å²) in [5.74, 6) is 0.850. The molecule has 0 radical (unpaired) electrons. The standard InChI is InChI=1S/C17H13BrO2/c1-11-4-2-3-5-15(11)17(19)13-8-12-9-14(18)6-7-16(12)20-10-13/h2-9H,10H2,1H3. The SMILES string of the molecule is Cc1ccccc1C(=O)C1=Cc2cc(Br)ccc2OC1. The number of benzene rings is 2. The molecule has 1 aliphatic heterocycles. The molecule has 0 unspecified atom stereocenters. The maximum atomic E-state index is 12.6. The Morgan fingerprint density at radius 2 is 2.00 bits per heavy atom. The summed E-state index contributed by atoms with van der Waals surface area (Å²) in [5.41, 5.74) is 3.34. The van der Waals surface area contributed by atoms with Crippen LogP contribution in [0.2, 0.25) is 0 Å². The Kier molecular flexibility index (Phi) is 3.45. The van der Waals surface area contributed by atoms with Crippen molar-refractivity contribution in [1.82, 2.24) is 0 Å². The van der Waals surface area contributed by atoms with Crippen LogP contribution in [0, 0.1) is 6.92 Å². The number of ketones is 1. The fraction of sp³-hybridized carbons (Fsp3) is 0.118. The number of fused-ring (bicyclic) bond motifs is 1. The second-order valence-corrected chi connectivity index (χ2v) is 5.70. The summed E-state index contributed by atoms with van der Waals surface area (Å²) >= 11 is 3.43. The normalized spacial score (nSPS) is 13.2. The Morgan fingerprint density at radius 3 is 2.80 bits per heavy atom. The van der Waals surface area contributed by atoms with Gasteiger partial charge in [0, 0.05) is 21.2 Å². The van der Waals surface area contributed by atoms with Gasteiger partial charge in [0.2, 0.25) is 0 Å². The average molecular weight is 329 g/mol. The summed E-state index contributed by atoms with van der Waals surface area (Å²) in [4.78, 5) is 12.6.